The number of carbonyl (C=O) groups is 1. The van der Waals surface area contributed by atoms with Gasteiger partial charge in [0, 0.05) is 38.1 Å². The number of rotatable bonds is 3. The molecule has 0 unspecified atom stereocenters. The zero-order chi connectivity index (χ0) is 19.7. The third kappa shape index (κ3) is 3.37. The standard InChI is InChI=1S/C18H17N5O4S/c19-11-13-9-14(3-4-20-13)22-5-7-23(8-6-22)28(25,26)15-1-2-17-16(10-15)21-18(24)12-27-17/h1-4,9-10H,5-8,12H2,(H,21,24). The van der Waals surface area contributed by atoms with Crippen molar-refractivity contribution >= 4 is 27.3 Å². The Morgan fingerprint density at radius 3 is 2.68 bits per heavy atom. The molecular weight excluding hydrogens is 382 g/mol. The highest BCUT2D eigenvalue weighted by atomic mass is 32.2. The van der Waals surface area contributed by atoms with Crippen LogP contribution in [0.2, 0.25) is 0 Å². The van der Waals surface area contributed by atoms with Gasteiger partial charge in [-0.25, -0.2) is 13.4 Å². The highest BCUT2D eigenvalue weighted by Crippen LogP contribution is 2.31. The number of carbonyl (C=O) groups excluding carboxylic acids is 1. The number of amides is 1. The summed E-state index contributed by atoms with van der Waals surface area (Å²) in [7, 11) is -3.70. The van der Waals surface area contributed by atoms with E-state index in [2.05, 4.69) is 10.3 Å². The molecule has 1 N–H and O–H groups in total. The Balaban J connectivity index is 1.50. The van der Waals surface area contributed by atoms with Crippen molar-refractivity contribution in [1.29, 1.82) is 5.26 Å². The normalized spacial score (nSPS) is 17.2. The predicted molar refractivity (Wildman–Crippen MR) is 100 cm³/mol. The van der Waals surface area contributed by atoms with Gasteiger partial charge in [0.25, 0.3) is 5.91 Å². The zero-order valence-electron chi connectivity index (χ0n) is 14.8. The van der Waals surface area contributed by atoms with Crippen molar-refractivity contribution < 1.29 is 17.9 Å². The Morgan fingerprint density at radius 1 is 1.14 bits per heavy atom. The van der Waals surface area contributed by atoms with Crippen molar-refractivity contribution in [3.05, 3.63) is 42.2 Å². The average Bonchev–Trinajstić information content (AvgIpc) is 2.73. The smallest absolute Gasteiger partial charge is 0.262 e. The number of nitriles is 1. The van der Waals surface area contributed by atoms with Crippen LogP contribution < -0.4 is 15.0 Å². The predicted octanol–water partition coefficient (Wildman–Crippen LogP) is 0.795. The lowest BCUT2D eigenvalue weighted by molar-refractivity contribution is -0.118. The Morgan fingerprint density at radius 2 is 1.93 bits per heavy atom. The summed E-state index contributed by atoms with van der Waals surface area (Å²) >= 11 is 0. The van der Waals surface area contributed by atoms with E-state index in [0.717, 1.165) is 5.69 Å². The first-order chi connectivity index (χ1) is 13.5. The SMILES string of the molecule is N#Cc1cc(N2CCN(S(=O)(=O)c3ccc4c(c3)NC(=O)CO4)CC2)ccn1. The van der Waals surface area contributed by atoms with E-state index in [1.807, 2.05) is 11.0 Å². The van der Waals surface area contributed by atoms with Crippen LogP contribution in [0.1, 0.15) is 5.69 Å². The lowest BCUT2D eigenvalue weighted by Crippen LogP contribution is -2.48. The summed E-state index contributed by atoms with van der Waals surface area (Å²) in [6, 6.07) is 9.97. The molecule has 0 aliphatic carbocycles. The lowest BCUT2D eigenvalue weighted by Gasteiger charge is -2.35. The third-order valence-electron chi connectivity index (χ3n) is 4.68. The number of anilines is 2. The molecule has 2 aliphatic rings. The number of pyridine rings is 1. The summed E-state index contributed by atoms with van der Waals surface area (Å²) < 4.78 is 32.7. The minimum Gasteiger partial charge on any atom is -0.482 e. The number of aromatic nitrogens is 1. The summed E-state index contributed by atoms with van der Waals surface area (Å²) in [6.07, 6.45) is 1.57. The molecule has 10 heteroatoms. The van der Waals surface area contributed by atoms with Gasteiger partial charge in [0.1, 0.15) is 17.5 Å². The maximum atomic E-state index is 13.0. The van der Waals surface area contributed by atoms with Gasteiger partial charge in [0.2, 0.25) is 10.0 Å². The molecule has 1 aromatic heterocycles. The van der Waals surface area contributed by atoms with Gasteiger partial charge in [0.05, 0.1) is 10.6 Å². The van der Waals surface area contributed by atoms with E-state index in [-0.39, 0.29) is 17.4 Å². The van der Waals surface area contributed by atoms with E-state index >= 15 is 0 Å². The van der Waals surface area contributed by atoms with Gasteiger partial charge >= 0.3 is 0 Å². The first kappa shape index (κ1) is 18.2. The van der Waals surface area contributed by atoms with Crippen LogP contribution in [0.15, 0.2) is 41.4 Å². The number of nitrogens with zero attached hydrogens (tertiary/aromatic N) is 4. The van der Waals surface area contributed by atoms with Gasteiger partial charge in [-0.2, -0.15) is 9.57 Å². The van der Waals surface area contributed by atoms with Crippen LogP contribution in [-0.2, 0) is 14.8 Å². The summed E-state index contributed by atoms with van der Waals surface area (Å²) in [5, 5.41) is 11.6. The second-order valence-electron chi connectivity index (χ2n) is 6.40. The minimum atomic E-state index is -3.70. The quantitative estimate of drug-likeness (QED) is 0.811. The van der Waals surface area contributed by atoms with Crippen molar-refractivity contribution in [2.45, 2.75) is 4.90 Å². The third-order valence-corrected chi connectivity index (χ3v) is 6.58. The summed E-state index contributed by atoms with van der Waals surface area (Å²) in [5.41, 5.74) is 1.53. The Labute approximate surface area is 162 Å². The van der Waals surface area contributed by atoms with Crippen LogP contribution in [-0.4, -0.2) is 56.4 Å². The van der Waals surface area contributed by atoms with Gasteiger partial charge in [-0.3, -0.25) is 4.79 Å². The monoisotopic (exact) mass is 399 g/mol. The Kier molecular flexibility index (Phi) is 4.62. The average molecular weight is 399 g/mol. The van der Waals surface area contributed by atoms with Crippen LogP contribution in [0, 0.1) is 11.3 Å². The second kappa shape index (κ2) is 7.10. The van der Waals surface area contributed by atoms with Crippen molar-refractivity contribution in [2.75, 3.05) is 43.0 Å². The van der Waals surface area contributed by atoms with Crippen molar-refractivity contribution in [3.8, 4) is 11.8 Å². The number of fused-ring (bicyclic) bond motifs is 1. The molecule has 1 fully saturated rings. The molecule has 3 heterocycles. The number of nitrogens with one attached hydrogen (secondary N) is 1. The molecule has 0 atom stereocenters. The van der Waals surface area contributed by atoms with E-state index in [0.29, 0.717) is 43.3 Å². The highest BCUT2D eigenvalue weighted by Gasteiger charge is 2.30. The number of sulfonamides is 1. The van der Waals surface area contributed by atoms with E-state index in [9.17, 15) is 13.2 Å². The fraction of sp³-hybridized carbons (Fsp3) is 0.278. The van der Waals surface area contributed by atoms with Crippen LogP contribution in [0.25, 0.3) is 0 Å². The Hall–Kier alpha value is -3.16. The topological polar surface area (TPSA) is 116 Å². The molecule has 4 rings (SSSR count). The van der Waals surface area contributed by atoms with Crippen molar-refractivity contribution in [3.63, 3.8) is 0 Å². The molecule has 0 radical (unpaired) electrons. The molecule has 1 aromatic carbocycles. The number of hydrogen-bond acceptors (Lipinski definition) is 7. The van der Waals surface area contributed by atoms with E-state index in [1.54, 1.807) is 24.4 Å². The largest absolute Gasteiger partial charge is 0.482 e. The van der Waals surface area contributed by atoms with Gasteiger partial charge in [0.15, 0.2) is 6.61 Å². The van der Waals surface area contributed by atoms with Crippen LogP contribution in [0.3, 0.4) is 0 Å². The van der Waals surface area contributed by atoms with E-state index < -0.39 is 10.0 Å². The molecular formula is C18H17N5O4S. The van der Waals surface area contributed by atoms with E-state index in [4.69, 9.17) is 10.00 Å². The van der Waals surface area contributed by atoms with Gasteiger partial charge in [-0.1, -0.05) is 0 Å². The van der Waals surface area contributed by atoms with Crippen LogP contribution >= 0.6 is 0 Å². The number of piperazine rings is 1. The van der Waals surface area contributed by atoms with Gasteiger partial charge in [-0.05, 0) is 30.3 Å². The minimum absolute atomic E-state index is 0.0798. The Bertz CT molecular complexity index is 1070. The maximum Gasteiger partial charge on any atom is 0.262 e. The fourth-order valence-electron chi connectivity index (χ4n) is 3.24. The van der Waals surface area contributed by atoms with Crippen LogP contribution in [0.4, 0.5) is 11.4 Å². The molecule has 28 heavy (non-hydrogen) atoms. The zero-order valence-corrected chi connectivity index (χ0v) is 15.6. The number of ether oxygens (including phenoxy) is 1. The molecule has 144 valence electrons. The summed E-state index contributed by atoms with van der Waals surface area (Å²) in [4.78, 5) is 17.6. The first-order valence-corrected chi connectivity index (χ1v) is 10.1. The highest BCUT2D eigenvalue weighted by molar-refractivity contribution is 7.89. The maximum absolute atomic E-state index is 13.0. The summed E-state index contributed by atoms with van der Waals surface area (Å²) in [6.45, 7) is 1.54. The van der Waals surface area contributed by atoms with Crippen molar-refractivity contribution in [2.24, 2.45) is 0 Å². The molecule has 0 bridgehead atoms. The molecule has 1 saturated heterocycles. The number of hydrogen-bond donors (Lipinski definition) is 1. The van der Waals surface area contributed by atoms with Gasteiger partial charge < -0.3 is 15.0 Å². The summed E-state index contributed by atoms with van der Waals surface area (Å²) in [5.74, 6) is 0.138. The van der Waals surface area contributed by atoms with Crippen LogP contribution in [0.5, 0.6) is 5.75 Å². The second-order valence-corrected chi connectivity index (χ2v) is 8.33. The molecule has 2 aromatic rings. The van der Waals surface area contributed by atoms with E-state index in [1.165, 1.54) is 16.4 Å². The molecule has 1 amide bonds. The number of benzene rings is 1. The van der Waals surface area contributed by atoms with Crippen molar-refractivity contribution in [1.82, 2.24) is 9.29 Å². The molecule has 0 saturated carbocycles. The lowest BCUT2D eigenvalue weighted by atomic mass is 10.2. The first-order valence-electron chi connectivity index (χ1n) is 8.65. The molecule has 0 spiro atoms. The fourth-order valence-corrected chi connectivity index (χ4v) is 4.68. The molecule has 9 nitrogen and oxygen atoms in total. The molecule has 2 aliphatic heterocycles. The van der Waals surface area contributed by atoms with Gasteiger partial charge in [-0.15, -0.1) is 0 Å².